The van der Waals surface area contributed by atoms with Crippen molar-refractivity contribution >= 4 is 23.8 Å². The standard InChI is InChI=1S/C26H42N4O5/c1-16-12-11-13-17(14-16)20(21(32)29-24(2,3)4)30(25(5,6)7)22(33)18(15-19(27)31)28-23(34)35-26(8,9)10/h11-14,18,20H,15H2,1-10H3,(H2,27,31)(H,28,34)(H,29,32). The number of hydrogen-bond acceptors (Lipinski definition) is 5. The molecule has 0 spiro atoms. The number of aryl methyl sites for hydroxylation is 1. The number of rotatable bonds is 7. The van der Waals surface area contributed by atoms with E-state index in [9.17, 15) is 19.2 Å². The zero-order valence-electron chi connectivity index (χ0n) is 22.7. The largest absolute Gasteiger partial charge is 0.444 e. The van der Waals surface area contributed by atoms with Crippen molar-refractivity contribution in [1.29, 1.82) is 0 Å². The van der Waals surface area contributed by atoms with Crippen LogP contribution in [0.4, 0.5) is 4.79 Å². The monoisotopic (exact) mass is 490 g/mol. The molecule has 9 heteroatoms. The van der Waals surface area contributed by atoms with Crippen LogP contribution in [0.15, 0.2) is 24.3 Å². The second-order valence-electron chi connectivity index (χ2n) is 11.8. The summed E-state index contributed by atoms with van der Waals surface area (Å²) in [5, 5.41) is 5.44. The van der Waals surface area contributed by atoms with E-state index in [2.05, 4.69) is 10.6 Å². The minimum absolute atomic E-state index is 0.388. The fraction of sp³-hybridized carbons (Fsp3) is 0.615. The molecule has 35 heavy (non-hydrogen) atoms. The van der Waals surface area contributed by atoms with Crippen LogP contribution in [0.5, 0.6) is 0 Å². The van der Waals surface area contributed by atoms with E-state index in [4.69, 9.17) is 10.5 Å². The predicted octanol–water partition coefficient (Wildman–Crippen LogP) is 3.35. The molecule has 4 amide bonds. The first-order valence-corrected chi connectivity index (χ1v) is 11.7. The number of hydrogen-bond donors (Lipinski definition) is 3. The van der Waals surface area contributed by atoms with Gasteiger partial charge in [-0.05, 0) is 74.8 Å². The van der Waals surface area contributed by atoms with E-state index in [1.165, 1.54) is 4.90 Å². The predicted molar refractivity (Wildman–Crippen MR) is 135 cm³/mol. The number of nitrogens with two attached hydrogens (primary N) is 1. The van der Waals surface area contributed by atoms with Gasteiger partial charge in [0.25, 0.3) is 0 Å². The van der Waals surface area contributed by atoms with Crippen molar-refractivity contribution in [3.05, 3.63) is 35.4 Å². The Morgan fingerprint density at radius 3 is 2.00 bits per heavy atom. The number of carbonyl (C=O) groups excluding carboxylic acids is 4. The van der Waals surface area contributed by atoms with Crippen LogP contribution in [-0.4, -0.2) is 51.4 Å². The molecular weight excluding hydrogens is 448 g/mol. The third-order valence-electron chi connectivity index (χ3n) is 4.72. The number of benzene rings is 1. The molecular formula is C26H42N4O5. The lowest BCUT2D eigenvalue weighted by atomic mass is 9.93. The van der Waals surface area contributed by atoms with E-state index < -0.39 is 53.1 Å². The van der Waals surface area contributed by atoms with E-state index in [0.29, 0.717) is 5.56 Å². The summed E-state index contributed by atoms with van der Waals surface area (Å²) in [6.45, 7) is 17.8. The molecule has 0 radical (unpaired) electrons. The lowest BCUT2D eigenvalue weighted by Crippen LogP contribution is -2.60. The van der Waals surface area contributed by atoms with E-state index in [-0.39, 0.29) is 5.91 Å². The van der Waals surface area contributed by atoms with Gasteiger partial charge in [0.05, 0.1) is 6.42 Å². The maximum Gasteiger partial charge on any atom is 0.408 e. The van der Waals surface area contributed by atoms with Crippen LogP contribution in [0, 0.1) is 6.92 Å². The Kier molecular flexibility index (Phi) is 9.49. The van der Waals surface area contributed by atoms with Crippen LogP contribution in [-0.2, 0) is 19.1 Å². The first-order valence-electron chi connectivity index (χ1n) is 11.7. The van der Waals surface area contributed by atoms with E-state index >= 15 is 0 Å². The minimum Gasteiger partial charge on any atom is -0.444 e. The number of primary amides is 1. The quantitative estimate of drug-likeness (QED) is 0.539. The topological polar surface area (TPSA) is 131 Å². The maximum absolute atomic E-state index is 14.0. The summed E-state index contributed by atoms with van der Waals surface area (Å²) in [6, 6.07) is 4.96. The molecule has 0 heterocycles. The molecule has 1 rings (SSSR count). The highest BCUT2D eigenvalue weighted by Gasteiger charge is 2.43. The van der Waals surface area contributed by atoms with Crippen molar-refractivity contribution in [1.82, 2.24) is 15.5 Å². The van der Waals surface area contributed by atoms with Crippen molar-refractivity contribution in [2.45, 2.75) is 104 Å². The Hall–Kier alpha value is -3.10. The summed E-state index contributed by atoms with van der Waals surface area (Å²) >= 11 is 0. The Balaban J connectivity index is 3.61. The van der Waals surface area contributed by atoms with E-state index in [1.54, 1.807) is 47.6 Å². The van der Waals surface area contributed by atoms with Gasteiger partial charge >= 0.3 is 6.09 Å². The molecule has 0 saturated carbocycles. The van der Waals surface area contributed by atoms with Crippen molar-refractivity contribution in [3.8, 4) is 0 Å². The van der Waals surface area contributed by atoms with Crippen LogP contribution >= 0.6 is 0 Å². The second kappa shape index (κ2) is 11.1. The molecule has 9 nitrogen and oxygen atoms in total. The van der Waals surface area contributed by atoms with Gasteiger partial charge in [0, 0.05) is 11.1 Å². The van der Waals surface area contributed by atoms with Gasteiger partial charge in [-0.15, -0.1) is 0 Å². The van der Waals surface area contributed by atoms with Crippen molar-refractivity contribution in [3.63, 3.8) is 0 Å². The van der Waals surface area contributed by atoms with E-state index in [0.717, 1.165) is 5.56 Å². The fourth-order valence-electron chi connectivity index (χ4n) is 3.56. The number of carbonyl (C=O) groups is 4. The SMILES string of the molecule is Cc1cccc(C(C(=O)NC(C)(C)C)N(C(=O)C(CC(N)=O)NC(=O)OC(C)(C)C)C(C)(C)C)c1. The number of nitrogens with one attached hydrogen (secondary N) is 2. The van der Waals surface area contributed by atoms with Crippen LogP contribution in [0.2, 0.25) is 0 Å². The highest BCUT2D eigenvalue weighted by molar-refractivity contribution is 5.95. The van der Waals surface area contributed by atoms with Gasteiger partial charge in [0.15, 0.2) is 0 Å². The number of amides is 4. The zero-order valence-corrected chi connectivity index (χ0v) is 22.7. The summed E-state index contributed by atoms with van der Waals surface area (Å²) in [5.74, 6) is -1.79. The van der Waals surface area contributed by atoms with E-state index in [1.807, 2.05) is 45.9 Å². The highest BCUT2D eigenvalue weighted by atomic mass is 16.6. The minimum atomic E-state index is -1.32. The van der Waals surface area contributed by atoms with Crippen LogP contribution in [0.1, 0.15) is 85.9 Å². The van der Waals surface area contributed by atoms with Crippen molar-refractivity contribution < 1.29 is 23.9 Å². The van der Waals surface area contributed by atoms with Gasteiger partial charge in [0.2, 0.25) is 17.7 Å². The summed E-state index contributed by atoms with van der Waals surface area (Å²) in [7, 11) is 0. The van der Waals surface area contributed by atoms with Crippen LogP contribution < -0.4 is 16.4 Å². The Bertz CT molecular complexity index is 938. The fourth-order valence-corrected chi connectivity index (χ4v) is 3.56. The van der Waals surface area contributed by atoms with Gasteiger partial charge < -0.3 is 26.0 Å². The molecule has 196 valence electrons. The van der Waals surface area contributed by atoms with Crippen molar-refractivity contribution in [2.75, 3.05) is 0 Å². The Morgan fingerprint density at radius 1 is 1.00 bits per heavy atom. The first-order chi connectivity index (χ1) is 15.7. The normalized spacial score (nSPS) is 13.9. The average Bonchev–Trinajstić information content (AvgIpc) is 2.60. The zero-order chi connectivity index (χ0) is 27.4. The molecule has 0 aliphatic heterocycles. The average molecular weight is 491 g/mol. The molecule has 0 bridgehead atoms. The molecule has 4 N–H and O–H groups in total. The molecule has 1 aromatic carbocycles. The maximum atomic E-state index is 14.0. The lowest BCUT2D eigenvalue weighted by molar-refractivity contribution is -0.149. The molecule has 0 aliphatic carbocycles. The van der Waals surface area contributed by atoms with Crippen molar-refractivity contribution in [2.24, 2.45) is 5.73 Å². The van der Waals surface area contributed by atoms with Crippen LogP contribution in [0.25, 0.3) is 0 Å². The Labute approximate surface area is 209 Å². The molecule has 1 aromatic rings. The van der Waals surface area contributed by atoms with Gasteiger partial charge in [-0.1, -0.05) is 29.8 Å². The second-order valence-corrected chi connectivity index (χ2v) is 11.8. The summed E-state index contributed by atoms with van der Waals surface area (Å²) < 4.78 is 5.29. The summed E-state index contributed by atoms with van der Waals surface area (Å²) in [4.78, 5) is 53.3. The van der Waals surface area contributed by atoms with Crippen LogP contribution in [0.3, 0.4) is 0 Å². The summed E-state index contributed by atoms with van der Waals surface area (Å²) in [5.41, 5.74) is 4.68. The lowest BCUT2D eigenvalue weighted by Gasteiger charge is -2.43. The molecule has 2 unspecified atom stereocenters. The molecule has 0 aliphatic rings. The molecule has 0 aromatic heterocycles. The number of ether oxygens (including phenoxy) is 1. The number of alkyl carbamates (subject to hydrolysis) is 1. The molecule has 0 fully saturated rings. The first kappa shape index (κ1) is 29.9. The number of nitrogens with zero attached hydrogens (tertiary/aromatic N) is 1. The molecule has 0 saturated heterocycles. The Morgan fingerprint density at radius 2 is 1.57 bits per heavy atom. The molecule has 2 atom stereocenters. The summed E-state index contributed by atoms with van der Waals surface area (Å²) in [6.07, 6.45) is -1.32. The highest BCUT2D eigenvalue weighted by Crippen LogP contribution is 2.31. The third-order valence-corrected chi connectivity index (χ3v) is 4.72. The van der Waals surface area contributed by atoms with Gasteiger partial charge in [-0.2, -0.15) is 0 Å². The third kappa shape index (κ3) is 9.96. The smallest absolute Gasteiger partial charge is 0.408 e. The van der Waals surface area contributed by atoms with Gasteiger partial charge in [-0.3, -0.25) is 14.4 Å². The van der Waals surface area contributed by atoms with Gasteiger partial charge in [-0.25, -0.2) is 4.79 Å². The van der Waals surface area contributed by atoms with Gasteiger partial charge in [0.1, 0.15) is 17.7 Å².